The maximum absolute atomic E-state index is 12.1. The summed E-state index contributed by atoms with van der Waals surface area (Å²) < 4.78 is 5.40. The van der Waals surface area contributed by atoms with Crippen LogP contribution in [0.25, 0.3) is 0 Å². The van der Waals surface area contributed by atoms with Crippen molar-refractivity contribution in [2.75, 3.05) is 24.5 Å². The minimum Gasteiger partial charge on any atom is -0.480 e. The van der Waals surface area contributed by atoms with Crippen LogP contribution in [0.3, 0.4) is 0 Å². The van der Waals surface area contributed by atoms with Crippen LogP contribution in [-0.4, -0.2) is 53.8 Å². The fraction of sp³-hybridized carbons (Fsp3) is 0.471. The lowest BCUT2D eigenvalue weighted by Crippen LogP contribution is -2.48. The average Bonchev–Trinajstić information content (AvgIpc) is 2.95. The molecule has 0 aliphatic carbocycles. The Balaban J connectivity index is 1.65. The molecular formula is C17H19N3O4. The van der Waals surface area contributed by atoms with Gasteiger partial charge < -0.3 is 9.84 Å². The summed E-state index contributed by atoms with van der Waals surface area (Å²) in [5, 5.41) is 18.2. The van der Waals surface area contributed by atoms with Crippen LogP contribution in [0.15, 0.2) is 24.3 Å². The van der Waals surface area contributed by atoms with Crippen molar-refractivity contribution >= 4 is 17.7 Å². The second kappa shape index (κ2) is 6.89. The van der Waals surface area contributed by atoms with E-state index in [1.165, 1.54) is 4.90 Å². The Morgan fingerprint density at radius 3 is 2.75 bits per heavy atom. The third-order valence-electron chi connectivity index (χ3n) is 4.52. The number of ether oxygens (including phenoxy) is 1. The van der Waals surface area contributed by atoms with E-state index in [1.54, 1.807) is 24.3 Å². The van der Waals surface area contributed by atoms with Gasteiger partial charge in [-0.25, -0.2) is 4.79 Å². The normalized spacial score (nSPS) is 24.5. The summed E-state index contributed by atoms with van der Waals surface area (Å²) in [5.41, 5.74) is 1.20. The lowest BCUT2D eigenvalue weighted by molar-refractivity contribution is -0.145. The lowest BCUT2D eigenvalue weighted by atomic mass is 10.0. The molecule has 0 bridgehead atoms. The van der Waals surface area contributed by atoms with Crippen LogP contribution in [0.5, 0.6) is 0 Å². The number of carbonyl (C=O) groups is 2. The summed E-state index contributed by atoms with van der Waals surface area (Å²) in [7, 11) is 0. The fourth-order valence-electron chi connectivity index (χ4n) is 3.29. The highest BCUT2D eigenvalue weighted by atomic mass is 16.6. The van der Waals surface area contributed by atoms with Crippen molar-refractivity contribution in [2.45, 2.75) is 31.4 Å². The first-order valence-corrected chi connectivity index (χ1v) is 8.03. The van der Waals surface area contributed by atoms with Crippen LogP contribution in [0.4, 0.5) is 10.5 Å². The maximum atomic E-state index is 12.1. The van der Waals surface area contributed by atoms with Crippen molar-refractivity contribution in [3.63, 3.8) is 0 Å². The van der Waals surface area contributed by atoms with Gasteiger partial charge in [-0.05, 0) is 43.7 Å². The molecule has 1 amide bonds. The number of likely N-dealkylation sites (tertiary alicyclic amines) is 1. The largest absolute Gasteiger partial charge is 0.480 e. The molecule has 2 heterocycles. The molecular weight excluding hydrogens is 310 g/mol. The molecule has 2 aliphatic heterocycles. The molecule has 2 saturated heterocycles. The van der Waals surface area contributed by atoms with Crippen molar-refractivity contribution in [3.05, 3.63) is 29.8 Å². The van der Waals surface area contributed by atoms with E-state index < -0.39 is 18.1 Å². The van der Waals surface area contributed by atoms with Gasteiger partial charge in [0.2, 0.25) is 0 Å². The van der Waals surface area contributed by atoms with E-state index in [2.05, 4.69) is 0 Å². The first kappa shape index (κ1) is 16.3. The number of aliphatic carboxylic acids is 1. The summed E-state index contributed by atoms with van der Waals surface area (Å²) in [6.07, 6.45) is 1.72. The molecule has 126 valence electrons. The van der Waals surface area contributed by atoms with E-state index >= 15 is 0 Å². The molecule has 7 heteroatoms. The predicted octanol–water partition coefficient (Wildman–Crippen LogP) is 1.82. The number of piperidine rings is 1. The van der Waals surface area contributed by atoms with Crippen molar-refractivity contribution in [1.29, 1.82) is 5.26 Å². The van der Waals surface area contributed by atoms with Crippen LogP contribution in [0.1, 0.15) is 24.8 Å². The van der Waals surface area contributed by atoms with Gasteiger partial charge in [0, 0.05) is 12.2 Å². The molecule has 7 nitrogen and oxygen atoms in total. The Kier molecular flexibility index (Phi) is 4.67. The number of nitrogens with zero attached hydrogens (tertiary/aromatic N) is 3. The van der Waals surface area contributed by atoms with Gasteiger partial charge in [-0.3, -0.25) is 14.6 Å². The number of carboxylic acid groups (broad SMARTS) is 1. The Morgan fingerprint density at radius 1 is 1.33 bits per heavy atom. The van der Waals surface area contributed by atoms with E-state index in [4.69, 9.17) is 10.00 Å². The second-order valence-corrected chi connectivity index (χ2v) is 6.12. The minimum atomic E-state index is -0.817. The minimum absolute atomic E-state index is 0.354. The van der Waals surface area contributed by atoms with Gasteiger partial charge in [0.05, 0.1) is 18.2 Å². The summed E-state index contributed by atoms with van der Waals surface area (Å²) in [6, 6.07) is 8.27. The Morgan fingerprint density at radius 2 is 2.08 bits per heavy atom. The highest BCUT2D eigenvalue weighted by molar-refractivity contribution is 5.89. The third-order valence-corrected chi connectivity index (χ3v) is 4.52. The summed E-state index contributed by atoms with van der Waals surface area (Å²) in [6.45, 7) is 1.52. The SMILES string of the molecule is N#Cc1ccc(N2CC(CN3CCCCC3C(=O)O)OC2=O)cc1. The van der Waals surface area contributed by atoms with Gasteiger partial charge in [0.15, 0.2) is 0 Å². The summed E-state index contributed by atoms with van der Waals surface area (Å²) in [4.78, 5) is 26.9. The Bertz CT molecular complexity index is 667. The van der Waals surface area contributed by atoms with E-state index in [0.29, 0.717) is 37.3 Å². The van der Waals surface area contributed by atoms with E-state index in [1.807, 2.05) is 11.0 Å². The molecule has 0 aromatic heterocycles. The van der Waals surface area contributed by atoms with Crippen molar-refractivity contribution in [3.8, 4) is 6.07 Å². The monoisotopic (exact) mass is 329 g/mol. The number of amides is 1. The molecule has 2 aliphatic rings. The maximum Gasteiger partial charge on any atom is 0.414 e. The number of hydrogen-bond donors (Lipinski definition) is 1. The smallest absolute Gasteiger partial charge is 0.414 e. The molecule has 24 heavy (non-hydrogen) atoms. The highest BCUT2D eigenvalue weighted by Crippen LogP contribution is 2.24. The number of hydrogen-bond acceptors (Lipinski definition) is 5. The Labute approximate surface area is 140 Å². The van der Waals surface area contributed by atoms with Crippen LogP contribution in [0, 0.1) is 11.3 Å². The van der Waals surface area contributed by atoms with E-state index in [9.17, 15) is 14.7 Å². The molecule has 2 fully saturated rings. The molecule has 0 saturated carbocycles. The summed E-state index contributed by atoms with van der Waals surface area (Å²) >= 11 is 0. The van der Waals surface area contributed by atoms with Gasteiger partial charge in [0.25, 0.3) is 0 Å². The zero-order chi connectivity index (χ0) is 17.1. The number of rotatable bonds is 4. The molecule has 1 aromatic carbocycles. The number of carbonyl (C=O) groups excluding carboxylic acids is 1. The van der Waals surface area contributed by atoms with E-state index in [-0.39, 0.29) is 6.10 Å². The van der Waals surface area contributed by atoms with Crippen LogP contribution < -0.4 is 4.90 Å². The van der Waals surface area contributed by atoms with Crippen molar-refractivity contribution < 1.29 is 19.4 Å². The van der Waals surface area contributed by atoms with Gasteiger partial charge in [-0.1, -0.05) is 6.42 Å². The molecule has 0 spiro atoms. The zero-order valence-electron chi connectivity index (χ0n) is 13.2. The average molecular weight is 329 g/mol. The number of cyclic esters (lactones) is 1. The number of anilines is 1. The topological polar surface area (TPSA) is 93.9 Å². The van der Waals surface area contributed by atoms with Gasteiger partial charge >= 0.3 is 12.1 Å². The predicted molar refractivity (Wildman–Crippen MR) is 85.6 cm³/mol. The number of nitriles is 1. The van der Waals surface area contributed by atoms with Gasteiger partial charge in [-0.15, -0.1) is 0 Å². The summed E-state index contributed by atoms with van der Waals surface area (Å²) in [5.74, 6) is -0.817. The second-order valence-electron chi connectivity index (χ2n) is 6.12. The number of carboxylic acids is 1. The molecule has 0 radical (unpaired) electrons. The van der Waals surface area contributed by atoms with Crippen LogP contribution >= 0.6 is 0 Å². The molecule has 3 rings (SSSR count). The molecule has 2 atom stereocenters. The number of benzene rings is 1. The first-order valence-electron chi connectivity index (χ1n) is 8.03. The Hall–Kier alpha value is -2.59. The van der Waals surface area contributed by atoms with Gasteiger partial charge in [0.1, 0.15) is 12.1 Å². The van der Waals surface area contributed by atoms with E-state index in [0.717, 1.165) is 12.8 Å². The zero-order valence-corrected chi connectivity index (χ0v) is 13.2. The van der Waals surface area contributed by atoms with Crippen LogP contribution in [0.2, 0.25) is 0 Å². The third kappa shape index (κ3) is 3.34. The molecule has 1 aromatic rings. The molecule has 2 unspecified atom stereocenters. The standard InChI is InChI=1S/C17H19N3O4/c18-9-12-4-6-13(7-5-12)20-11-14(24-17(20)23)10-19-8-2-1-3-15(19)16(21)22/h4-7,14-15H,1-3,8,10-11H2,(H,21,22). The van der Waals surface area contributed by atoms with Crippen molar-refractivity contribution in [1.82, 2.24) is 4.90 Å². The van der Waals surface area contributed by atoms with Gasteiger partial charge in [-0.2, -0.15) is 5.26 Å². The highest BCUT2D eigenvalue weighted by Gasteiger charge is 2.37. The fourth-order valence-corrected chi connectivity index (χ4v) is 3.29. The first-order chi connectivity index (χ1) is 11.6. The lowest BCUT2D eigenvalue weighted by Gasteiger charge is -2.33. The van der Waals surface area contributed by atoms with Crippen LogP contribution in [-0.2, 0) is 9.53 Å². The quantitative estimate of drug-likeness (QED) is 0.905. The molecule has 1 N–H and O–H groups in total. The van der Waals surface area contributed by atoms with Crippen molar-refractivity contribution in [2.24, 2.45) is 0 Å².